The summed E-state index contributed by atoms with van der Waals surface area (Å²) < 4.78 is 12.6. The van der Waals surface area contributed by atoms with Gasteiger partial charge in [-0.1, -0.05) is 60.7 Å². The number of fused-ring (bicyclic) bond motifs is 1. The predicted molar refractivity (Wildman–Crippen MR) is 142 cm³/mol. The Labute approximate surface area is 214 Å². The van der Waals surface area contributed by atoms with Gasteiger partial charge in [0.1, 0.15) is 6.04 Å². The van der Waals surface area contributed by atoms with E-state index in [0.717, 1.165) is 28.0 Å². The minimum atomic E-state index is -0.403. The van der Waals surface area contributed by atoms with Crippen molar-refractivity contribution in [2.24, 2.45) is 0 Å². The highest BCUT2D eigenvalue weighted by molar-refractivity contribution is 6.00. The van der Waals surface area contributed by atoms with E-state index in [-0.39, 0.29) is 17.6 Å². The van der Waals surface area contributed by atoms with Crippen LogP contribution in [0.5, 0.6) is 11.5 Å². The van der Waals surface area contributed by atoms with Crippen LogP contribution in [0.3, 0.4) is 0 Å². The largest absolute Gasteiger partial charge is 0.493 e. The monoisotopic (exact) mass is 493 g/mol. The number of aromatic nitrogens is 3. The number of nitrogens with two attached hydrogens (primary N) is 1. The van der Waals surface area contributed by atoms with Crippen LogP contribution in [0.15, 0.2) is 84.1 Å². The van der Waals surface area contributed by atoms with E-state index < -0.39 is 6.04 Å². The number of hydrogen-bond donors (Lipinski definition) is 2. The first-order valence-corrected chi connectivity index (χ1v) is 12.2. The molecule has 2 aliphatic rings. The maximum atomic E-state index is 13.7. The molecule has 3 N–H and O–H groups in total. The summed E-state index contributed by atoms with van der Waals surface area (Å²) in [6, 6.07) is 23.9. The second kappa shape index (κ2) is 9.13. The molecular formula is C29H27N5O3. The number of benzene rings is 3. The molecule has 186 valence electrons. The van der Waals surface area contributed by atoms with Crippen LogP contribution in [-0.2, 0) is 4.79 Å². The van der Waals surface area contributed by atoms with Gasteiger partial charge in [-0.05, 0) is 46.7 Å². The Hall–Kier alpha value is -4.59. The van der Waals surface area contributed by atoms with Crippen molar-refractivity contribution in [3.05, 3.63) is 95.2 Å². The molecule has 37 heavy (non-hydrogen) atoms. The number of Topliss-reactive ketones (excluding diaryl/α,β-unsaturated/α-hetero) is 1. The Morgan fingerprint density at radius 1 is 0.892 bits per heavy atom. The molecule has 0 saturated heterocycles. The molecule has 8 nitrogen and oxygen atoms in total. The quantitative estimate of drug-likeness (QED) is 0.405. The van der Waals surface area contributed by atoms with Gasteiger partial charge >= 0.3 is 0 Å². The highest BCUT2D eigenvalue weighted by atomic mass is 16.5. The van der Waals surface area contributed by atoms with Crippen molar-refractivity contribution in [1.82, 2.24) is 14.8 Å². The fraction of sp³-hybridized carbons (Fsp3) is 0.207. The number of methoxy groups -OCH3 is 2. The smallest absolute Gasteiger partial charge is 0.241 e. The van der Waals surface area contributed by atoms with E-state index in [0.29, 0.717) is 35.9 Å². The number of nitrogens with zero attached hydrogens (tertiary/aromatic N) is 3. The number of allylic oxidation sites excluding steroid dienone is 2. The summed E-state index contributed by atoms with van der Waals surface area (Å²) in [5, 5.41) is 7.79. The zero-order valence-electron chi connectivity index (χ0n) is 20.6. The van der Waals surface area contributed by atoms with Crippen molar-refractivity contribution in [1.29, 1.82) is 0 Å². The zero-order valence-corrected chi connectivity index (χ0v) is 20.6. The van der Waals surface area contributed by atoms with Gasteiger partial charge < -0.3 is 20.5 Å². The van der Waals surface area contributed by atoms with Crippen LogP contribution in [-0.4, -0.2) is 34.8 Å². The van der Waals surface area contributed by atoms with Gasteiger partial charge in [0.05, 0.1) is 14.2 Å². The number of hydrogen-bond acceptors (Lipinski definition) is 7. The molecule has 3 aromatic carbocycles. The molecule has 2 atom stereocenters. The Bertz CT molecular complexity index is 1510. The first-order chi connectivity index (χ1) is 18.1. The zero-order chi connectivity index (χ0) is 25.5. The molecule has 0 spiro atoms. The lowest BCUT2D eigenvalue weighted by Gasteiger charge is -2.35. The number of nitrogen functional groups attached to an aromatic ring is 1. The first kappa shape index (κ1) is 22.8. The molecule has 2 heterocycles. The minimum Gasteiger partial charge on any atom is -0.493 e. The Morgan fingerprint density at radius 2 is 1.59 bits per heavy atom. The van der Waals surface area contributed by atoms with E-state index in [2.05, 4.69) is 51.8 Å². The number of carbonyl (C=O) groups is 1. The van der Waals surface area contributed by atoms with Gasteiger partial charge in [-0.3, -0.25) is 4.79 Å². The fourth-order valence-electron chi connectivity index (χ4n) is 5.37. The molecule has 0 fully saturated rings. The van der Waals surface area contributed by atoms with Crippen LogP contribution < -0.4 is 20.5 Å². The van der Waals surface area contributed by atoms with Gasteiger partial charge in [0, 0.05) is 17.7 Å². The maximum absolute atomic E-state index is 13.7. The van der Waals surface area contributed by atoms with E-state index in [1.807, 2.05) is 36.4 Å². The summed E-state index contributed by atoms with van der Waals surface area (Å²) in [6.45, 7) is 0. The van der Waals surface area contributed by atoms with E-state index in [1.54, 1.807) is 18.9 Å². The van der Waals surface area contributed by atoms with E-state index in [9.17, 15) is 4.79 Å². The average Bonchev–Trinajstić information content (AvgIpc) is 3.31. The molecule has 4 aromatic rings. The fourth-order valence-corrected chi connectivity index (χ4v) is 5.37. The summed E-state index contributed by atoms with van der Waals surface area (Å²) in [6.07, 6.45) is 1.04. The molecule has 1 aliphatic carbocycles. The van der Waals surface area contributed by atoms with Crippen molar-refractivity contribution in [3.63, 3.8) is 0 Å². The highest BCUT2D eigenvalue weighted by Gasteiger charge is 2.39. The van der Waals surface area contributed by atoms with E-state index in [4.69, 9.17) is 15.2 Å². The number of ketones is 1. The predicted octanol–water partition coefficient (Wildman–Crippen LogP) is 4.96. The number of rotatable bonds is 5. The standard InChI is InChI=1S/C29H27N5O3/c1-36-24-13-12-20(16-25(24)37-2)21-14-22-26(23(35)15-21)27(34-29(31-22)32-28(30)33-34)19-10-8-18(9-11-19)17-6-4-3-5-7-17/h3-13,16,21,27H,14-15H2,1-2H3,(H3,30,31,32,33)/t21-,27+/m0/s1. The van der Waals surface area contributed by atoms with Gasteiger partial charge in [0.25, 0.3) is 0 Å². The van der Waals surface area contributed by atoms with Crippen molar-refractivity contribution in [2.45, 2.75) is 24.8 Å². The lowest BCUT2D eigenvalue weighted by atomic mass is 9.77. The maximum Gasteiger partial charge on any atom is 0.241 e. The van der Waals surface area contributed by atoms with E-state index in [1.165, 1.54) is 0 Å². The molecule has 0 saturated carbocycles. The third-order valence-corrected chi connectivity index (χ3v) is 7.15. The SMILES string of the molecule is COc1ccc([C@@H]2CC(=O)C3=C(C2)Nc2nc(N)nn2[C@@H]3c2ccc(-c3ccccc3)cc2)cc1OC. The third kappa shape index (κ3) is 4.00. The average molecular weight is 494 g/mol. The summed E-state index contributed by atoms with van der Waals surface area (Å²) in [5.74, 6) is 2.07. The van der Waals surface area contributed by atoms with E-state index >= 15 is 0 Å². The van der Waals surface area contributed by atoms with Crippen LogP contribution in [0, 0.1) is 0 Å². The minimum absolute atomic E-state index is 0.00789. The first-order valence-electron chi connectivity index (χ1n) is 12.2. The van der Waals surface area contributed by atoms with Gasteiger partial charge in [0.15, 0.2) is 17.3 Å². The van der Waals surface area contributed by atoms with Crippen LogP contribution in [0.4, 0.5) is 11.9 Å². The molecule has 0 radical (unpaired) electrons. The van der Waals surface area contributed by atoms with Gasteiger partial charge in [0.2, 0.25) is 11.9 Å². The molecule has 6 rings (SSSR count). The van der Waals surface area contributed by atoms with Gasteiger partial charge in [-0.2, -0.15) is 4.98 Å². The van der Waals surface area contributed by atoms with Crippen molar-refractivity contribution in [3.8, 4) is 22.6 Å². The second-order valence-corrected chi connectivity index (χ2v) is 9.29. The molecule has 8 heteroatoms. The van der Waals surface area contributed by atoms with Gasteiger partial charge in [-0.15, -0.1) is 5.10 Å². The second-order valence-electron chi connectivity index (χ2n) is 9.29. The molecule has 1 aliphatic heterocycles. The number of ether oxygens (including phenoxy) is 2. The summed E-state index contributed by atoms with van der Waals surface area (Å²) in [7, 11) is 3.22. The molecule has 0 bridgehead atoms. The van der Waals surface area contributed by atoms with Crippen molar-refractivity contribution >= 4 is 17.7 Å². The molecule has 0 amide bonds. The topological polar surface area (TPSA) is 104 Å². The highest BCUT2D eigenvalue weighted by Crippen LogP contribution is 2.45. The number of anilines is 2. The Kier molecular flexibility index (Phi) is 5.64. The summed E-state index contributed by atoms with van der Waals surface area (Å²) in [4.78, 5) is 18.1. The van der Waals surface area contributed by atoms with Crippen LogP contribution >= 0.6 is 0 Å². The number of nitrogens with one attached hydrogen (secondary N) is 1. The van der Waals surface area contributed by atoms with Gasteiger partial charge in [-0.25, -0.2) is 4.68 Å². The lowest BCUT2D eigenvalue weighted by Crippen LogP contribution is -2.33. The Balaban J connectivity index is 1.39. The summed E-state index contributed by atoms with van der Waals surface area (Å²) >= 11 is 0. The van der Waals surface area contributed by atoms with Crippen LogP contribution in [0.2, 0.25) is 0 Å². The number of carbonyl (C=O) groups excluding carboxylic acids is 1. The Morgan fingerprint density at radius 3 is 2.32 bits per heavy atom. The third-order valence-electron chi connectivity index (χ3n) is 7.15. The van der Waals surface area contributed by atoms with Crippen molar-refractivity contribution < 1.29 is 14.3 Å². The van der Waals surface area contributed by atoms with Crippen LogP contribution in [0.1, 0.15) is 35.9 Å². The molecule has 1 aromatic heterocycles. The van der Waals surface area contributed by atoms with Crippen molar-refractivity contribution in [2.75, 3.05) is 25.3 Å². The summed E-state index contributed by atoms with van der Waals surface area (Å²) in [5.41, 5.74) is 11.8. The molecule has 0 unspecified atom stereocenters. The normalized spacial score (nSPS) is 18.6. The lowest BCUT2D eigenvalue weighted by molar-refractivity contribution is -0.116. The molecular weight excluding hydrogens is 466 g/mol. The van der Waals surface area contributed by atoms with Crippen LogP contribution in [0.25, 0.3) is 11.1 Å².